The molecule has 148 valence electrons. The summed E-state index contributed by atoms with van der Waals surface area (Å²) in [6.07, 6.45) is 4.56. The predicted molar refractivity (Wildman–Crippen MR) is 104 cm³/mol. The number of fused-ring (bicyclic) bond motifs is 1. The van der Waals surface area contributed by atoms with Crippen LogP contribution in [0.15, 0.2) is 27.4 Å². The summed E-state index contributed by atoms with van der Waals surface area (Å²) in [5.41, 5.74) is 2.62. The monoisotopic (exact) mass is 383 g/mol. The zero-order valence-corrected chi connectivity index (χ0v) is 16.3. The quantitative estimate of drug-likeness (QED) is 0.598. The topological polar surface area (TPSA) is 76.8 Å². The molecule has 28 heavy (non-hydrogen) atoms. The Kier molecular flexibility index (Phi) is 4.96. The average molecular weight is 383 g/mol. The first-order valence-electron chi connectivity index (χ1n) is 9.93. The van der Waals surface area contributed by atoms with Gasteiger partial charge >= 0.3 is 11.6 Å². The van der Waals surface area contributed by atoms with Crippen molar-refractivity contribution in [2.24, 2.45) is 5.92 Å². The molecule has 0 radical (unpaired) electrons. The molecule has 1 aliphatic carbocycles. The SMILES string of the molecule is Cc1ccc2c(COC(=O)[C@@H]3CC(=O)N(C4CCCC4)C3)cc(=O)oc2c1C. The fraction of sp³-hybridized carbons (Fsp3) is 0.500. The minimum absolute atomic E-state index is 0.00243. The number of nitrogens with zero attached hydrogens (tertiary/aromatic N) is 1. The largest absolute Gasteiger partial charge is 0.461 e. The van der Waals surface area contributed by atoms with Crippen molar-refractivity contribution in [3.63, 3.8) is 0 Å². The Morgan fingerprint density at radius 3 is 2.71 bits per heavy atom. The van der Waals surface area contributed by atoms with Gasteiger partial charge in [0.1, 0.15) is 12.2 Å². The molecule has 1 saturated heterocycles. The Bertz CT molecular complexity index is 986. The van der Waals surface area contributed by atoms with Gasteiger partial charge in [0.2, 0.25) is 5.91 Å². The van der Waals surface area contributed by atoms with Gasteiger partial charge in [-0.2, -0.15) is 0 Å². The zero-order valence-electron chi connectivity index (χ0n) is 16.3. The summed E-state index contributed by atoms with van der Waals surface area (Å²) in [7, 11) is 0. The first-order valence-corrected chi connectivity index (χ1v) is 9.93. The van der Waals surface area contributed by atoms with E-state index in [1.807, 2.05) is 30.9 Å². The molecule has 1 saturated carbocycles. The molecule has 1 atom stereocenters. The van der Waals surface area contributed by atoms with E-state index in [1.165, 1.54) is 6.07 Å². The molecule has 1 aromatic heterocycles. The van der Waals surface area contributed by atoms with Gasteiger partial charge in [-0.3, -0.25) is 9.59 Å². The van der Waals surface area contributed by atoms with E-state index in [9.17, 15) is 14.4 Å². The lowest BCUT2D eigenvalue weighted by molar-refractivity contribution is -0.149. The van der Waals surface area contributed by atoms with E-state index in [2.05, 4.69) is 0 Å². The van der Waals surface area contributed by atoms with Crippen LogP contribution in [0.3, 0.4) is 0 Å². The first-order chi connectivity index (χ1) is 13.4. The van der Waals surface area contributed by atoms with Crippen molar-refractivity contribution >= 4 is 22.8 Å². The molecule has 1 aliphatic heterocycles. The number of aryl methyl sites for hydroxylation is 2. The van der Waals surface area contributed by atoms with E-state index in [0.717, 1.165) is 42.2 Å². The van der Waals surface area contributed by atoms with E-state index in [4.69, 9.17) is 9.15 Å². The van der Waals surface area contributed by atoms with Crippen molar-refractivity contribution < 1.29 is 18.7 Å². The molecule has 1 amide bonds. The molecule has 2 aliphatic rings. The smallest absolute Gasteiger partial charge is 0.336 e. The number of hydrogen-bond donors (Lipinski definition) is 0. The highest BCUT2D eigenvalue weighted by molar-refractivity contribution is 5.87. The van der Waals surface area contributed by atoms with Crippen LogP contribution in [0.1, 0.15) is 48.8 Å². The lowest BCUT2D eigenvalue weighted by atomic mass is 10.0. The van der Waals surface area contributed by atoms with Crippen LogP contribution < -0.4 is 5.63 Å². The highest BCUT2D eigenvalue weighted by Gasteiger charge is 2.39. The summed E-state index contributed by atoms with van der Waals surface area (Å²) in [5.74, 6) is -0.756. The number of hydrogen-bond acceptors (Lipinski definition) is 5. The number of carbonyl (C=O) groups excluding carboxylic acids is 2. The van der Waals surface area contributed by atoms with Crippen LogP contribution >= 0.6 is 0 Å². The Labute approximate surface area is 163 Å². The van der Waals surface area contributed by atoms with Crippen LogP contribution in [0, 0.1) is 19.8 Å². The second-order valence-electron chi connectivity index (χ2n) is 7.97. The van der Waals surface area contributed by atoms with Gasteiger partial charge in [0.25, 0.3) is 0 Å². The lowest BCUT2D eigenvalue weighted by Crippen LogP contribution is -2.35. The molecule has 6 heteroatoms. The summed E-state index contributed by atoms with van der Waals surface area (Å²) in [6.45, 7) is 4.29. The zero-order chi connectivity index (χ0) is 19.8. The van der Waals surface area contributed by atoms with Crippen molar-refractivity contribution in [1.82, 2.24) is 4.90 Å². The van der Waals surface area contributed by atoms with E-state index >= 15 is 0 Å². The minimum atomic E-state index is -0.462. The Morgan fingerprint density at radius 2 is 1.96 bits per heavy atom. The Hall–Kier alpha value is -2.63. The van der Waals surface area contributed by atoms with Gasteiger partial charge in [-0.15, -0.1) is 0 Å². The van der Waals surface area contributed by atoms with Gasteiger partial charge in [0, 0.05) is 36.0 Å². The molecular weight excluding hydrogens is 358 g/mol. The van der Waals surface area contributed by atoms with E-state index in [0.29, 0.717) is 17.7 Å². The van der Waals surface area contributed by atoms with E-state index in [-0.39, 0.29) is 30.9 Å². The summed E-state index contributed by atoms with van der Waals surface area (Å²) in [6, 6.07) is 5.48. The molecule has 0 spiro atoms. The fourth-order valence-electron chi connectivity index (χ4n) is 4.37. The number of carbonyl (C=O) groups is 2. The van der Waals surface area contributed by atoms with E-state index in [1.54, 1.807) is 0 Å². The first kappa shape index (κ1) is 18.7. The normalized spacial score (nSPS) is 20.3. The summed E-state index contributed by atoms with van der Waals surface area (Å²) >= 11 is 0. The molecule has 4 rings (SSSR count). The molecule has 2 fully saturated rings. The molecule has 2 aromatic rings. The summed E-state index contributed by atoms with van der Waals surface area (Å²) in [5, 5.41) is 0.769. The maximum atomic E-state index is 12.6. The van der Waals surface area contributed by atoms with Crippen molar-refractivity contribution in [1.29, 1.82) is 0 Å². The van der Waals surface area contributed by atoms with Gasteiger partial charge in [-0.1, -0.05) is 25.0 Å². The molecule has 2 heterocycles. The van der Waals surface area contributed by atoms with E-state index < -0.39 is 11.5 Å². The van der Waals surface area contributed by atoms with Crippen molar-refractivity contribution in [2.75, 3.05) is 6.54 Å². The second kappa shape index (κ2) is 7.41. The number of likely N-dealkylation sites (tertiary alicyclic amines) is 1. The maximum Gasteiger partial charge on any atom is 0.336 e. The Morgan fingerprint density at radius 1 is 1.21 bits per heavy atom. The number of ether oxygens (including phenoxy) is 1. The lowest BCUT2D eigenvalue weighted by Gasteiger charge is -2.23. The van der Waals surface area contributed by atoms with Crippen molar-refractivity contribution in [3.8, 4) is 0 Å². The van der Waals surface area contributed by atoms with Crippen molar-refractivity contribution in [2.45, 2.75) is 58.6 Å². The molecule has 0 bridgehead atoms. The third-order valence-corrected chi connectivity index (χ3v) is 6.14. The second-order valence-corrected chi connectivity index (χ2v) is 7.97. The molecule has 6 nitrogen and oxygen atoms in total. The van der Waals surface area contributed by atoms with Gasteiger partial charge in [-0.05, 0) is 37.8 Å². The summed E-state index contributed by atoms with van der Waals surface area (Å²) < 4.78 is 10.9. The van der Waals surface area contributed by atoms with Gasteiger partial charge < -0.3 is 14.1 Å². The van der Waals surface area contributed by atoms with Gasteiger partial charge in [0.05, 0.1) is 5.92 Å². The summed E-state index contributed by atoms with van der Waals surface area (Å²) in [4.78, 5) is 38.7. The number of amides is 1. The Balaban J connectivity index is 1.47. The van der Waals surface area contributed by atoms with Gasteiger partial charge in [-0.25, -0.2) is 4.79 Å². The van der Waals surface area contributed by atoms with Gasteiger partial charge in [0.15, 0.2) is 0 Å². The standard InChI is InChI=1S/C22H25NO5/c1-13-7-8-18-16(10-20(25)28-21(18)14(13)2)12-27-22(26)15-9-19(24)23(11-15)17-5-3-4-6-17/h7-8,10,15,17H,3-6,9,11-12H2,1-2H3/t15-/m1/s1. The van der Waals surface area contributed by atoms with Crippen LogP contribution in [0.25, 0.3) is 11.0 Å². The predicted octanol–water partition coefficient (Wildman–Crippen LogP) is 3.24. The highest BCUT2D eigenvalue weighted by Crippen LogP contribution is 2.30. The third kappa shape index (κ3) is 3.43. The number of esters is 1. The maximum absolute atomic E-state index is 12.6. The van der Waals surface area contributed by atoms with Crippen LogP contribution in [0.5, 0.6) is 0 Å². The number of benzene rings is 1. The molecular formula is C22H25NO5. The molecule has 1 aromatic carbocycles. The third-order valence-electron chi connectivity index (χ3n) is 6.14. The van der Waals surface area contributed by atoms with Crippen LogP contribution in [0.4, 0.5) is 0 Å². The molecule has 0 N–H and O–H groups in total. The minimum Gasteiger partial charge on any atom is -0.461 e. The van der Waals surface area contributed by atoms with Crippen LogP contribution in [0.2, 0.25) is 0 Å². The van der Waals surface area contributed by atoms with Crippen LogP contribution in [-0.4, -0.2) is 29.4 Å². The van der Waals surface area contributed by atoms with Crippen LogP contribution in [-0.2, 0) is 20.9 Å². The highest BCUT2D eigenvalue weighted by atomic mass is 16.5. The van der Waals surface area contributed by atoms with Crippen molar-refractivity contribution in [3.05, 3.63) is 45.3 Å². The number of rotatable bonds is 4. The average Bonchev–Trinajstić information content (AvgIpc) is 3.32. The molecule has 0 unspecified atom stereocenters. The fourth-order valence-corrected chi connectivity index (χ4v) is 4.37.